The molecule has 0 amide bonds. The van der Waals surface area contributed by atoms with Crippen LogP contribution in [0.2, 0.25) is 0 Å². The summed E-state index contributed by atoms with van der Waals surface area (Å²) in [5.41, 5.74) is 5.23. The molecule has 0 aromatic heterocycles. The van der Waals surface area contributed by atoms with E-state index in [-0.39, 0.29) is 5.84 Å². The summed E-state index contributed by atoms with van der Waals surface area (Å²) in [6, 6.07) is 0. The third-order valence-electron chi connectivity index (χ3n) is 2.49. The van der Waals surface area contributed by atoms with Crippen molar-refractivity contribution in [3.8, 4) is 0 Å². The lowest BCUT2D eigenvalue weighted by molar-refractivity contribution is -0.00212. The molecule has 0 rings (SSSR count). The van der Waals surface area contributed by atoms with E-state index in [9.17, 15) is 0 Å². The van der Waals surface area contributed by atoms with Crippen LogP contribution < -0.4 is 5.73 Å². The predicted octanol–water partition coefficient (Wildman–Crippen LogP) is 1.57. The summed E-state index contributed by atoms with van der Waals surface area (Å²) < 4.78 is 21.4. The van der Waals surface area contributed by atoms with Gasteiger partial charge in [-0.05, 0) is 12.8 Å². The minimum absolute atomic E-state index is 0.209. The minimum atomic E-state index is 0.209. The molecule has 0 unspecified atom stereocenters. The largest absolute Gasteiger partial charge is 0.388 e. The molecule has 0 saturated carbocycles. The van der Waals surface area contributed by atoms with Gasteiger partial charge in [0.05, 0.1) is 45.5 Å². The number of nitrogens with two attached hydrogens (primary N) is 1. The molecule has 0 aromatic rings. The number of nitrogens with one attached hydrogen (secondary N) is 1. The Balaban J connectivity index is 2.94. The van der Waals surface area contributed by atoms with Gasteiger partial charge >= 0.3 is 0 Å². The van der Waals surface area contributed by atoms with Crippen LogP contribution >= 0.6 is 0 Å². The van der Waals surface area contributed by atoms with Gasteiger partial charge in [-0.3, -0.25) is 5.41 Å². The highest BCUT2D eigenvalue weighted by Crippen LogP contribution is 1.90. The number of ether oxygens (including phenoxy) is 4. The summed E-state index contributed by atoms with van der Waals surface area (Å²) in [6.45, 7) is 7.14. The van der Waals surface area contributed by atoms with Gasteiger partial charge in [0.1, 0.15) is 0 Å². The lowest BCUT2D eigenvalue weighted by Gasteiger charge is -2.07. The fourth-order valence-corrected chi connectivity index (χ4v) is 1.37. The molecule has 3 N–H and O–H groups in total. The standard InChI is InChI=1S/C14H30N2O4/c1-2-3-6-17-8-10-19-12-13-20-11-9-18-7-4-5-14(15)16/h2-13H2,1H3,(H3,15,16). The molecule has 6 nitrogen and oxygen atoms in total. The van der Waals surface area contributed by atoms with Crippen molar-refractivity contribution < 1.29 is 18.9 Å². The summed E-state index contributed by atoms with van der Waals surface area (Å²) in [5.74, 6) is 0.209. The zero-order chi connectivity index (χ0) is 14.9. The lowest BCUT2D eigenvalue weighted by Crippen LogP contribution is -2.13. The molecule has 0 heterocycles. The van der Waals surface area contributed by atoms with E-state index in [0.717, 1.165) is 25.9 Å². The van der Waals surface area contributed by atoms with Gasteiger partial charge in [0, 0.05) is 19.6 Å². The first kappa shape index (κ1) is 19.3. The van der Waals surface area contributed by atoms with Gasteiger partial charge in [0.15, 0.2) is 0 Å². The van der Waals surface area contributed by atoms with Crippen molar-refractivity contribution >= 4 is 5.84 Å². The van der Waals surface area contributed by atoms with Crippen LogP contribution in [0.5, 0.6) is 0 Å². The first-order valence-electron chi connectivity index (χ1n) is 7.41. The van der Waals surface area contributed by atoms with E-state index in [0.29, 0.717) is 52.7 Å². The van der Waals surface area contributed by atoms with Crippen LogP contribution in [-0.2, 0) is 18.9 Å². The van der Waals surface area contributed by atoms with Crippen LogP contribution in [-0.4, -0.2) is 58.7 Å². The fourth-order valence-electron chi connectivity index (χ4n) is 1.37. The van der Waals surface area contributed by atoms with Gasteiger partial charge < -0.3 is 24.7 Å². The molecular formula is C14H30N2O4. The van der Waals surface area contributed by atoms with E-state index in [4.69, 9.17) is 30.1 Å². The van der Waals surface area contributed by atoms with Crippen molar-refractivity contribution in [1.82, 2.24) is 0 Å². The molecule has 0 radical (unpaired) electrons. The Morgan fingerprint density at radius 1 is 0.750 bits per heavy atom. The van der Waals surface area contributed by atoms with Crippen molar-refractivity contribution in [2.45, 2.75) is 32.6 Å². The molecule has 0 atom stereocenters. The molecule has 0 fully saturated rings. The highest BCUT2D eigenvalue weighted by atomic mass is 16.6. The Morgan fingerprint density at radius 2 is 1.15 bits per heavy atom. The first-order chi connectivity index (χ1) is 9.77. The maximum absolute atomic E-state index is 7.04. The number of unbranched alkanes of at least 4 members (excludes halogenated alkanes) is 1. The minimum Gasteiger partial charge on any atom is -0.388 e. The van der Waals surface area contributed by atoms with Gasteiger partial charge in [-0.1, -0.05) is 13.3 Å². The normalized spacial score (nSPS) is 10.8. The Bertz CT molecular complexity index is 215. The molecular weight excluding hydrogens is 260 g/mol. The summed E-state index contributed by atoms with van der Waals surface area (Å²) in [6.07, 6.45) is 3.65. The van der Waals surface area contributed by atoms with E-state index < -0.39 is 0 Å². The number of hydrogen-bond donors (Lipinski definition) is 2. The highest BCUT2D eigenvalue weighted by Gasteiger charge is 1.94. The van der Waals surface area contributed by atoms with Crippen molar-refractivity contribution in [3.05, 3.63) is 0 Å². The van der Waals surface area contributed by atoms with Gasteiger partial charge in [0.25, 0.3) is 0 Å². The quantitative estimate of drug-likeness (QED) is 0.256. The predicted molar refractivity (Wildman–Crippen MR) is 79.3 cm³/mol. The van der Waals surface area contributed by atoms with Crippen LogP contribution in [0.4, 0.5) is 0 Å². The SMILES string of the molecule is CCCCOCCOCCOCCOCCCC(=N)N. The van der Waals surface area contributed by atoms with Gasteiger partial charge in [-0.15, -0.1) is 0 Å². The highest BCUT2D eigenvalue weighted by molar-refractivity contribution is 5.76. The second-order valence-corrected chi connectivity index (χ2v) is 4.43. The first-order valence-corrected chi connectivity index (χ1v) is 7.41. The third-order valence-corrected chi connectivity index (χ3v) is 2.49. The van der Waals surface area contributed by atoms with Crippen LogP contribution in [0.25, 0.3) is 0 Å². The lowest BCUT2D eigenvalue weighted by atomic mass is 10.3. The molecule has 0 aliphatic carbocycles. The smallest absolute Gasteiger partial charge is 0.0906 e. The molecule has 0 aliphatic heterocycles. The van der Waals surface area contributed by atoms with Crippen LogP contribution in [0.1, 0.15) is 32.6 Å². The van der Waals surface area contributed by atoms with E-state index >= 15 is 0 Å². The molecule has 0 aliphatic rings. The zero-order valence-corrected chi connectivity index (χ0v) is 12.7. The maximum atomic E-state index is 7.04. The van der Waals surface area contributed by atoms with Gasteiger partial charge in [-0.2, -0.15) is 0 Å². The van der Waals surface area contributed by atoms with Crippen LogP contribution in [0, 0.1) is 5.41 Å². The molecule has 6 heteroatoms. The van der Waals surface area contributed by atoms with Crippen molar-refractivity contribution in [2.24, 2.45) is 5.73 Å². The molecule has 0 saturated heterocycles. The molecule has 20 heavy (non-hydrogen) atoms. The Kier molecular flexibility index (Phi) is 15.8. The van der Waals surface area contributed by atoms with Crippen molar-refractivity contribution in [3.63, 3.8) is 0 Å². The Morgan fingerprint density at radius 3 is 1.55 bits per heavy atom. The second-order valence-electron chi connectivity index (χ2n) is 4.43. The van der Waals surface area contributed by atoms with Gasteiger partial charge in [-0.25, -0.2) is 0 Å². The molecule has 120 valence electrons. The number of amidine groups is 1. The Labute approximate surface area is 122 Å². The average Bonchev–Trinajstić information content (AvgIpc) is 2.43. The monoisotopic (exact) mass is 290 g/mol. The van der Waals surface area contributed by atoms with Crippen LogP contribution in [0.3, 0.4) is 0 Å². The summed E-state index contributed by atoms with van der Waals surface area (Å²) in [7, 11) is 0. The number of hydrogen-bond acceptors (Lipinski definition) is 5. The van der Waals surface area contributed by atoms with E-state index in [1.54, 1.807) is 0 Å². The summed E-state index contributed by atoms with van der Waals surface area (Å²) >= 11 is 0. The fraction of sp³-hybridized carbons (Fsp3) is 0.929. The van der Waals surface area contributed by atoms with E-state index in [1.807, 2.05) is 0 Å². The van der Waals surface area contributed by atoms with Crippen LogP contribution in [0.15, 0.2) is 0 Å². The Hall–Kier alpha value is -0.690. The van der Waals surface area contributed by atoms with E-state index in [2.05, 4.69) is 6.92 Å². The van der Waals surface area contributed by atoms with Crippen molar-refractivity contribution in [2.75, 3.05) is 52.9 Å². The van der Waals surface area contributed by atoms with Gasteiger partial charge in [0.2, 0.25) is 0 Å². The number of rotatable bonds is 16. The topological polar surface area (TPSA) is 86.8 Å². The average molecular weight is 290 g/mol. The zero-order valence-electron chi connectivity index (χ0n) is 12.7. The second kappa shape index (κ2) is 16.4. The van der Waals surface area contributed by atoms with E-state index in [1.165, 1.54) is 0 Å². The molecule has 0 spiro atoms. The maximum Gasteiger partial charge on any atom is 0.0906 e. The third kappa shape index (κ3) is 17.3. The molecule has 0 bridgehead atoms. The van der Waals surface area contributed by atoms with Crippen molar-refractivity contribution in [1.29, 1.82) is 5.41 Å². The molecule has 0 aromatic carbocycles. The summed E-state index contributed by atoms with van der Waals surface area (Å²) in [5, 5.41) is 7.04. The summed E-state index contributed by atoms with van der Waals surface area (Å²) in [4.78, 5) is 0.